The first-order chi connectivity index (χ1) is 11.5. The third-order valence-electron chi connectivity index (χ3n) is 4.19. The van der Waals surface area contributed by atoms with Crippen LogP contribution in [0.2, 0.25) is 0 Å². The van der Waals surface area contributed by atoms with Crippen LogP contribution in [0, 0.1) is 5.92 Å². The highest BCUT2D eigenvalue weighted by atomic mass is 79.9. The Morgan fingerprint density at radius 1 is 1.42 bits per heavy atom. The third kappa shape index (κ3) is 2.83. The van der Waals surface area contributed by atoms with Gasteiger partial charge in [-0.25, -0.2) is 13.4 Å². The molecule has 0 spiro atoms. The molecule has 0 bridgehead atoms. The summed E-state index contributed by atoms with van der Waals surface area (Å²) in [5.74, 6) is 0.696. The van der Waals surface area contributed by atoms with Crippen LogP contribution in [0.15, 0.2) is 48.4 Å². The third-order valence-corrected chi connectivity index (χ3v) is 8.91. The molecule has 0 amide bonds. The minimum absolute atomic E-state index is 0.313. The molecule has 0 radical (unpaired) electrons. The monoisotopic (exact) mass is 442 g/mol. The predicted octanol–water partition coefficient (Wildman–Crippen LogP) is 4.83. The summed E-state index contributed by atoms with van der Waals surface area (Å²) in [5, 5.41) is 1.82. The normalized spacial score (nSPS) is 15.2. The van der Waals surface area contributed by atoms with Crippen molar-refractivity contribution in [3.8, 4) is 0 Å². The molecule has 8 heteroatoms. The molecule has 2 heterocycles. The van der Waals surface area contributed by atoms with Crippen LogP contribution >= 0.6 is 39.0 Å². The topological polar surface area (TPSA) is 52.0 Å². The van der Waals surface area contributed by atoms with Gasteiger partial charge in [0.2, 0.25) is 9.84 Å². The Morgan fingerprint density at radius 3 is 2.92 bits per heavy atom. The van der Waals surface area contributed by atoms with E-state index >= 15 is 0 Å². The maximum Gasteiger partial charge on any atom is 0.208 e. The van der Waals surface area contributed by atoms with Crippen molar-refractivity contribution in [3.05, 3.63) is 34.4 Å². The van der Waals surface area contributed by atoms with Gasteiger partial charge in [-0.3, -0.25) is 0 Å². The lowest BCUT2D eigenvalue weighted by Gasteiger charge is -2.08. The average Bonchev–Trinajstić information content (AvgIpc) is 3.08. The first-order valence-corrected chi connectivity index (χ1v) is 11.9. The number of aromatic nitrogens is 2. The van der Waals surface area contributed by atoms with Crippen molar-refractivity contribution in [2.24, 2.45) is 5.92 Å². The number of thiophene rings is 1. The van der Waals surface area contributed by atoms with Crippen LogP contribution in [-0.4, -0.2) is 24.2 Å². The van der Waals surface area contributed by atoms with Crippen molar-refractivity contribution in [1.29, 1.82) is 0 Å². The number of sulfone groups is 1. The summed E-state index contributed by atoms with van der Waals surface area (Å²) in [6.45, 7) is 0.904. The number of halogens is 1. The van der Waals surface area contributed by atoms with E-state index in [9.17, 15) is 8.42 Å². The Balaban J connectivity index is 1.87. The molecular weight excluding hydrogens is 428 g/mol. The van der Waals surface area contributed by atoms with Crippen LogP contribution in [0.25, 0.3) is 11.0 Å². The molecule has 1 fully saturated rings. The zero-order valence-electron chi connectivity index (χ0n) is 12.9. The van der Waals surface area contributed by atoms with E-state index in [-0.39, 0.29) is 0 Å². The number of imidazole rings is 1. The fourth-order valence-corrected chi connectivity index (χ4v) is 7.17. The largest absolute Gasteiger partial charge is 0.330 e. The second kappa shape index (κ2) is 6.16. The van der Waals surface area contributed by atoms with E-state index in [1.54, 1.807) is 18.2 Å². The van der Waals surface area contributed by atoms with Gasteiger partial charge in [-0.1, -0.05) is 0 Å². The maximum atomic E-state index is 13.1. The van der Waals surface area contributed by atoms with Gasteiger partial charge < -0.3 is 4.57 Å². The van der Waals surface area contributed by atoms with Gasteiger partial charge in [0.05, 0.1) is 25.8 Å². The Hall–Kier alpha value is -0.830. The Labute approximate surface area is 157 Å². The quantitative estimate of drug-likeness (QED) is 0.531. The molecule has 0 aliphatic heterocycles. The molecule has 1 aliphatic rings. The van der Waals surface area contributed by atoms with Crippen molar-refractivity contribution in [1.82, 2.24) is 9.55 Å². The van der Waals surface area contributed by atoms with E-state index in [1.807, 2.05) is 18.0 Å². The molecule has 3 aromatic rings. The molecule has 4 rings (SSSR count). The van der Waals surface area contributed by atoms with Crippen LogP contribution < -0.4 is 0 Å². The highest BCUT2D eigenvalue weighted by molar-refractivity contribution is 9.10. The van der Waals surface area contributed by atoms with Gasteiger partial charge in [-0.2, -0.15) is 0 Å². The number of hydrogen-bond acceptors (Lipinski definition) is 5. The lowest BCUT2D eigenvalue weighted by atomic mass is 10.3. The Morgan fingerprint density at radius 2 is 2.21 bits per heavy atom. The van der Waals surface area contributed by atoms with Crippen LogP contribution in [0.3, 0.4) is 0 Å². The molecule has 0 N–H and O–H groups in total. The van der Waals surface area contributed by atoms with E-state index in [4.69, 9.17) is 0 Å². The zero-order valence-corrected chi connectivity index (χ0v) is 16.9. The minimum Gasteiger partial charge on any atom is -0.330 e. The molecular formula is C16H15BrN2O2S3. The van der Waals surface area contributed by atoms with Gasteiger partial charge in [-0.15, -0.1) is 23.1 Å². The van der Waals surface area contributed by atoms with Crippen molar-refractivity contribution < 1.29 is 8.42 Å². The van der Waals surface area contributed by atoms with Crippen molar-refractivity contribution in [2.75, 3.05) is 6.26 Å². The lowest BCUT2D eigenvalue weighted by molar-refractivity contribution is 0.594. The van der Waals surface area contributed by atoms with Gasteiger partial charge in [0.25, 0.3) is 0 Å². The highest BCUT2D eigenvalue weighted by Gasteiger charge is 2.26. The molecule has 24 heavy (non-hydrogen) atoms. The second-order valence-corrected chi connectivity index (χ2v) is 10.7. The van der Waals surface area contributed by atoms with E-state index in [0.29, 0.717) is 20.2 Å². The van der Waals surface area contributed by atoms with Crippen molar-refractivity contribution in [3.63, 3.8) is 0 Å². The number of fused-ring (bicyclic) bond motifs is 1. The van der Waals surface area contributed by atoms with Gasteiger partial charge >= 0.3 is 0 Å². The van der Waals surface area contributed by atoms with E-state index in [0.717, 1.165) is 21.8 Å². The fourth-order valence-electron chi connectivity index (χ4n) is 2.73. The van der Waals surface area contributed by atoms with Crippen LogP contribution in [0.5, 0.6) is 0 Å². The molecule has 4 nitrogen and oxygen atoms in total. The maximum absolute atomic E-state index is 13.1. The molecule has 1 aliphatic carbocycles. The number of rotatable bonds is 5. The fraction of sp³-hybridized carbons (Fsp3) is 0.312. The molecule has 0 saturated heterocycles. The van der Waals surface area contributed by atoms with E-state index in [1.165, 1.54) is 35.9 Å². The highest BCUT2D eigenvalue weighted by Crippen LogP contribution is 2.37. The van der Waals surface area contributed by atoms with Crippen LogP contribution in [0.1, 0.15) is 12.8 Å². The number of nitrogens with zero attached hydrogens (tertiary/aromatic N) is 2. The molecule has 2 aromatic heterocycles. The SMILES string of the molecule is CSc1sccc1S(=O)(=O)c1cc(Br)c2ncn(CC3CC3)c2c1. The Bertz CT molecular complexity index is 1020. The van der Waals surface area contributed by atoms with Gasteiger partial charge in [-0.05, 0) is 64.5 Å². The summed E-state index contributed by atoms with van der Waals surface area (Å²) >= 11 is 6.41. The van der Waals surface area contributed by atoms with Gasteiger partial charge in [0.1, 0.15) is 5.52 Å². The van der Waals surface area contributed by atoms with Gasteiger partial charge in [0, 0.05) is 11.0 Å². The van der Waals surface area contributed by atoms with Crippen LogP contribution in [0.4, 0.5) is 0 Å². The zero-order chi connectivity index (χ0) is 16.9. The first-order valence-electron chi connectivity index (χ1n) is 7.51. The summed E-state index contributed by atoms with van der Waals surface area (Å²) in [6.07, 6.45) is 6.19. The number of thioether (sulfide) groups is 1. The molecule has 1 aromatic carbocycles. The number of benzene rings is 1. The predicted molar refractivity (Wildman–Crippen MR) is 102 cm³/mol. The number of hydrogen-bond donors (Lipinski definition) is 0. The van der Waals surface area contributed by atoms with E-state index in [2.05, 4.69) is 25.5 Å². The van der Waals surface area contributed by atoms with Crippen molar-refractivity contribution in [2.45, 2.75) is 33.4 Å². The van der Waals surface area contributed by atoms with E-state index < -0.39 is 9.84 Å². The summed E-state index contributed by atoms with van der Waals surface area (Å²) in [5.41, 5.74) is 1.68. The smallest absolute Gasteiger partial charge is 0.208 e. The van der Waals surface area contributed by atoms with Gasteiger partial charge in [0.15, 0.2) is 0 Å². The van der Waals surface area contributed by atoms with Crippen LogP contribution in [-0.2, 0) is 16.4 Å². The molecule has 1 saturated carbocycles. The summed E-state index contributed by atoms with van der Waals surface area (Å²) < 4.78 is 29.8. The van der Waals surface area contributed by atoms with Crippen molar-refractivity contribution >= 4 is 59.9 Å². The summed E-state index contributed by atoms with van der Waals surface area (Å²) in [4.78, 5) is 5.14. The molecule has 0 unspecified atom stereocenters. The summed E-state index contributed by atoms with van der Waals surface area (Å²) in [6, 6.07) is 5.10. The Kier molecular flexibility index (Phi) is 4.27. The molecule has 0 atom stereocenters. The minimum atomic E-state index is -3.54. The molecule has 126 valence electrons. The first kappa shape index (κ1) is 16.6. The summed E-state index contributed by atoms with van der Waals surface area (Å²) in [7, 11) is -3.54. The standard InChI is InChI=1S/C16H15BrN2O2S3/c1-22-16-14(4-5-23-16)24(20,21)11-6-12(17)15-13(7-11)19(9-18-15)8-10-2-3-10/h4-7,9-10H,2-3,8H2,1H3. The lowest BCUT2D eigenvalue weighted by Crippen LogP contribution is -2.03. The second-order valence-electron chi connectivity index (χ2n) is 5.89. The average molecular weight is 443 g/mol.